The number of esters is 1. The first kappa shape index (κ1) is 18.4. The minimum absolute atomic E-state index is 0.258. The van der Waals surface area contributed by atoms with E-state index in [1.54, 1.807) is 0 Å². The van der Waals surface area contributed by atoms with E-state index >= 15 is 0 Å². The highest BCUT2D eigenvalue weighted by molar-refractivity contribution is 8.06. The van der Waals surface area contributed by atoms with Gasteiger partial charge in [-0.05, 0) is 29.4 Å². The Morgan fingerprint density at radius 2 is 2.00 bits per heavy atom. The van der Waals surface area contributed by atoms with Crippen LogP contribution in [0.15, 0.2) is 35.2 Å². The number of carbonyl (C=O) groups excluding carboxylic acids is 1. The Kier molecular flexibility index (Phi) is 7.02. The molecule has 4 nitrogen and oxygen atoms in total. The lowest BCUT2D eigenvalue weighted by Crippen LogP contribution is -2.26. The smallest absolute Gasteiger partial charge is 0.305 e. The third-order valence-electron chi connectivity index (χ3n) is 3.79. The highest BCUT2D eigenvalue weighted by Crippen LogP contribution is 2.41. The van der Waals surface area contributed by atoms with Gasteiger partial charge in [-0.15, -0.1) is 23.5 Å². The average Bonchev–Trinajstić information content (AvgIpc) is 2.89. The molecule has 3 unspecified atom stereocenters. The van der Waals surface area contributed by atoms with Crippen molar-refractivity contribution in [3.8, 4) is 0 Å². The van der Waals surface area contributed by atoms with Gasteiger partial charge >= 0.3 is 5.97 Å². The summed E-state index contributed by atoms with van der Waals surface area (Å²) >= 11 is 2.84. The Hall–Kier alpha value is -0.950. The van der Waals surface area contributed by atoms with Crippen molar-refractivity contribution in [3.05, 3.63) is 40.8 Å². The van der Waals surface area contributed by atoms with Gasteiger partial charge in [0.25, 0.3) is 0 Å². The van der Waals surface area contributed by atoms with Gasteiger partial charge in [0.2, 0.25) is 0 Å². The monoisotopic (exact) mass is 354 g/mol. The lowest BCUT2D eigenvalue weighted by Gasteiger charge is -2.20. The second kappa shape index (κ2) is 8.78. The van der Waals surface area contributed by atoms with Crippen LogP contribution < -0.4 is 0 Å². The van der Waals surface area contributed by atoms with Crippen LogP contribution in [0.5, 0.6) is 0 Å². The van der Waals surface area contributed by atoms with Crippen LogP contribution in [0.4, 0.5) is 0 Å². The summed E-state index contributed by atoms with van der Waals surface area (Å²) in [6.07, 6.45) is 0.282. The standard InChI is InChI=1S/C17H22O4S2/c1-11(12-6-4-3-5-7-12)14(8-9-15(19)21-2)23-16-13(18)10-22-17(16)20/h3-7,13,16-18,20H,8-10H2,1-2H3/b14-11+. The summed E-state index contributed by atoms with van der Waals surface area (Å²) in [5.41, 5.74) is 1.55. The van der Waals surface area contributed by atoms with Crippen molar-refractivity contribution in [1.82, 2.24) is 0 Å². The van der Waals surface area contributed by atoms with Crippen LogP contribution in [0.1, 0.15) is 25.3 Å². The summed E-state index contributed by atoms with van der Waals surface area (Å²) in [7, 11) is 1.38. The van der Waals surface area contributed by atoms with Gasteiger partial charge in [-0.3, -0.25) is 4.79 Å². The van der Waals surface area contributed by atoms with E-state index in [0.29, 0.717) is 12.2 Å². The second-order valence-corrected chi connectivity index (χ2v) is 7.79. The zero-order valence-electron chi connectivity index (χ0n) is 13.3. The zero-order chi connectivity index (χ0) is 16.8. The Morgan fingerprint density at radius 3 is 2.57 bits per heavy atom. The lowest BCUT2D eigenvalue weighted by atomic mass is 10.1. The van der Waals surface area contributed by atoms with Crippen molar-refractivity contribution in [3.63, 3.8) is 0 Å². The summed E-state index contributed by atoms with van der Waals surface area (Å²) in [6, 6.07) is 9.93. The van der Waals surface area contributed by atoms with E-state index in [1.165, 1.54) is 30.6 Å². The van der Waals surface area contributed by atoms with Crippen molar-refractivity contribution in [2.45, 2.75) is 36.6 Å². The maximum atomic E-state index is 11.5. The third-order valence-corrected chi connectivity index (χ3v) is 6.77. The van der Waals surface area contributed by atoms with Gasteiger partial charge in [-0.25, -0.2) is 0 Å². The maximum absolute atomic E-state index is 11.5. The molecule has 1 aliphatic rings. The molecule has 126 valence electrons. The van der Waals surface area contributed by atoms with Crippen LogP contribution in [0.25, 0.3) is 5.57 Å². The van der Waals surface area contributed by atoms with E-state index < -0.39 is 11.5 Å². The molecule has 3 atom stereocenters. The van der Waals surface area contributed by atoms with Crippen LogP contribution in [0, 0.1) is 0 Å². The lowest BCUT2D eigenvalue weighted by molar-refractivity contribution is -0.140. The highest BCUT2D eigenvalue weighted by atomic mass is 32.2. The molecular weight excluding hydrogens is 332 g/mol. The Morgan fingerprint density at radius 1 is 1.30 bits per heavy atom. The van der Waals surface area contributed by atoms with Crippen LogP contribution >= 0.6 is 23.5 Å². The molecule has 0 saturated carbocycles. The van der Waals surface area contributed by atoms with E-state index in [4.69, 9.17) is 4.74 Å². The van der Waals surface area contributed by atoms with E-state index in [1.807, 2.05) is 37.3 Å². The second-order valence-electron chi connectivity index (χ2n) is 5.36. The van der Waals surface area contributed by atoms with Crippen molar-refractivity contribution in [2.24, 2.45) is 0 Å². The number of methoxy groups -OCH3 is 1. The number of hydrogen-bond acceptors (Lipinski definition) is 6. The number of ether oxygens (including phenoxy) is 1. The van der Waals surface area contributed by atoms with Crippen molar-refractivity contribution < 1.29 is 19.7 Å². The number of carbonyl (C=O) groups is 1. The third kappa shape index (κ3) is 5.01. The molecule has 0 spiro atoms. The molecular formula is C17H22O4S2. The Bertz CT molecular complexity index is 549. The Balaban J connectivity index is 2.22. The van der Waals surface area contributed by atoms with Gasteiger partial charge < -0.3 is 14.9 Å². The van der Waals surface area contributed by atoms with Gasteiger partial charge in [0.05, 0.1) is 24.9 Å². The van der Waals surface area contributed by atoms with Gasteiger partial charge in [-0.1, -0.05) is 30.3 Å². The quantitative estimate of drug-likeness (QED) is 0.766. The first-order valence-electron chi connectivity index (χ1n) is 7.49. The fourth-order valence-corrected chi connectivity index (χ4v) is 5.09. The number of aliphatic hydroxyl groups is 2. The van der Waals surface area contributed by atoms with Gasteiger partial charge in [0.1, 0.15) is 5.44 Å². The molecule has 0 radical (unpaired) electrons. The fourth-order valence-electron chi connectivity index (χ4n) is 2.38. The van der Waals surface area contributed by atoms with Crippen molar-refractivity contribution in [2.75, 3.05) is 12.9 Å². The van der Waals surface area contributed by atoms with Crippen LogP contribution in [0.3, 0.4) is 0 Å². The van der Waals surface area contributed by atoms with Crippen molar-refractivity contribution in [1.29, 1.82) is 0 Å². The minimum atomic E-state index is -0.591. The molecule has 0 aliphatic carbocycles. The summed E-state index contributed by atoms with van der Waals surface area (Å²) < 4.78 is 4.72. The predicted molar refractivity (Wildman–Crippen MR) is 96.1 cm³/mol. The molecule has 1 heterocycles. The number of allylic oxidation sites excluding steroid dienone is 2. The van der Waals surface area contributed by atoms with Crippen LogP contribution in [-0.4, -0.2) is 45.8 Å². The predicted octanol–water partition coefficient (Wildman–Crippen LogP) is 2.90. The maximum Gasteiger partial charge on any atom is 0.305 e. The van der Waals surface area contributed by atoms with Gasteiger partial charge in [-0.2, -0.15) is 0 Å². The molecule has 0 aromatic heterocycles. The topological polar surface area (TPSA) is 66.8 Å². The molecule has 0 bridgehead atoms. The zero-order valence-corrected chi connectivity index (χ0v) is 14.9. The number of hydrogen-bond donors (Lipinski definition) is 2. The molecule has 2 N–H and O–H groups in total. The van der Waals surface area contributed by atoms with Crippen LogP contribution in [0.2, 0.25) is 0 Å². The largest absolute Gasteiger partial charge is 0.469 e. The van der Waals surface area contributed by atoms with Crippen LogP contribution in [-0.2, 0) is 9.53 Å². The number of thioether (sulfide) groups is 2. The molecule has 0 amide bonds. The molecule has 1 aliphatic heterocycles. The first-order chi connectivity index (χ1) is 11.0. The molecule has 1 aromatic carbocycles. The molecule has 1 aromatic rings. The highest BCUT2D eigenvalue weighted by Gasteiger charge is 2.36. The molecule has 1 fully saturated rings. The first-order valence-corrected chi connectivity index (χ1v) is 9.42. The SMILES string of the molecule is COC(=O)CC/C(SC1C(O)CSC1O)=C(/C)c1ccccc1. The minimum Gasteiger partial charge on any atom is -0.469 e. The summed E-state index contributed by atoms with van der Waals surface area (Å²) in [5.74, 6) is 0.277. The molecule has 6 heteroatoms. The summed E-state index contributed by atoms with van der Waals surface area (Å²) in [6.45, 7) is 2.01. The number of rotatable bonds is 6. The molecule has 2 rings (SSSR count). The van der Waals surface area contributed by atoms with E-state index in [-0.39, 0.29) is 17.6 Å². The normalized spacial score (nSPS) is 25.1. The fraction of sp³-hybridized carbons (Fsp3) is 0.471. The number of benzene rings is 1. The molecule has 1 saturated heterocycles. The van der Waals surface area contributed by atoms with E-state index in [9.17, 15) is 15.0 Å². The van der Waals surface area contributed by atoms with Crippen molar-refractivity contribution >= 4 is 35.1 Å². The number of aliphatic hydroxyl groups excluding tert-OH is 2. The summed E-state index contributed by atoms with van der Waals surface area (Å²) in [5, 5.41) is 19.8. The van der Waals surface area contributed by atoms with E-state index in [2.05, 4.69) is 0 Å². The molecule has 23 heavy (non-hydrogen) atoms. The summed E-state index contributed by atoms with van der Waals surface area (Å²) in [4.78, 5) is 12.5. The Labute approximate surface area is 145 Å². The average molecular weight is 354 g/mol. The van der Waals surface area contributed by atoms with Gasteiger partial charge in [0, 0.05) is 5.75 Å². The van der Waals surface area contributed by atoms with E-state index in [0.717, 1.165) is 16.0 Å². The van der Waals surface area contributed by atoms with Gasteiger partial charge in [0.15, 0.2) is 0 Å².